The maximum absolute atomic E-state index is 14.2. The average Bonchev–Trinajstić information content (AvgIpc) is 2.98. The molecule has 1 aromatic heterocycles. The minimum atomic E-state index is -4.89. The van der Waals surface area contributed by atoms with Gasteiger partial charge in [0.2, 0.25) is 0 Å². The third-order valence-electron chi connectivity index (χ3n) is 5.35. The van der Waals surface area contributed by atoms with Crippen LogP contribution >= 0.6 is 0 Å². The minimum absolute atomic E-state index is 0.0232. The Morgan fingerprint density at radius 2 is 1.79 bits per heavy atom. The number of nitrogens with zero attached hydrogens (tertiary/aromatic N) is 1. The summed E-state index contributed by atoms with van der Waals surface area (Å²) in [5, 5.41) is 19.9. The van der Waals surface area contributed by atoms with Gasteiger partial charge in [-0.3, -0.25) is 14.2 Å². The van der Waals surface area contributed by atoms with Crippen LogP contribution in [0.2, 0.25) is 0 Å². The van der Waals surface area contributed by atoms with Crippen molar-refractivity contribution in [2.75, 3.05) is 0 Å². The number of aliphatic carboxylic acids is 1. The van der Waals surface area contributed by atoms with Gasteiger partial charge < -0.3 is 14.9 Å². The normalized spacial score (nSPS) is 12.7. The van der Waals surface area contributed by atoms with Gasteiger partial charge in [0.05, 0.1) is 11.4 Å². The zero-order valence-electron chi connectivity index (χ0n) is 17.7. The van der Waals surface area contributed by atoms with E-state index < -0.39 is 41.5 Å². The molecule has 33 heavy (non-hydrogen) atoms. The lowest BCUT2D eigenvalue weighted by atomic mass is 9.91. The number of carbonyl (C=O) groups excluding carboxylic acids is 1. The lowest BCUT2D eigenvalue weighted by Crippen LogP contribution is -2.18. The zero-order valence-corrected chi connectivity index (χ0v) is 17.7. The first kappa shape index (κ1) is 24.1. The number of fused-ring (bicyclic) bond motifs is 1. The van der Waals surface area contributed by atoms with Gasteiger partial charge >= 0.3 is 12.3 Å². The van der Waals surface area contributed by atoms with Crippen molar-refractivity contribution in [1.29, 1.82) is 0 Å². The second-order valence-electron chi connectivity index (χ2n) is 7.57. The Morgan fingerprint density at radius 3 is 2.33 bits per heavy atom. The molecule has 0 radical (unpaired) electrons. The van der Waals surface area contributed by atoms with Crippen LogP contribution < -0.4 is 4.74 Å². The summed E-state index contributed by atoms with van der Waals surface area (Å²) in [6.45, 7) is 3.40. The van der Waals surface area contributed by atoms with Crippen LogP contribution in [0.15, 0.2) is 36.4 Å². The standard InChI is InChI=1S/C23H21F4NO5/c1-3-4-5-15(22(31)32)20-12(2)28(18-11-17(24)19(29)10-16(18)20)21(30)13-6-8-14(9-7-13)33-23(25,26)27/h6-11,15,29H,3-5H2,1-2H3,(H,31,32)/t15-/m0/s1. The number of aromatic nitrogens is 1. The van der Waals surface area contributed by atoms with E-state index in [1.165, 1.54) is 6.92 Å². The van der Waals surface area contributed by atoms with Crippen molar-refractivity contribution in [2.24, 2.45) is 0 Å². The second-order valence-corrected chi connectivity index (χ2v) is 7.57. The fraction of sp³-hybridized carbons (Fsp3) is 0.304. The lowest BCUT2D eigenvalue weighted by Gasteiger charge is -2.14. The van der Waals surface area contributed by atoms with Crippen molar-refractivity contribution in [3.63, 3.8) is 0 Å². The van der Waals surface area contributed by atoms with E-state index in [-0.39, 0.29) is 34.1 Å². The lowest BCUT2D eigenvalue weighted by molar-refractivity contribution is -0.274. The Bertz CT molecular complexity index is 1200. The van der Waals surface area contributed by atoms with Crippen LogP contribution in [0, 0.1) is 12.7 Å². The number of halogens is 4. The molecule has 2 aromatic carbocycles. The first-order valence-electron chi connectivity index (χ1n) is 10.1. The van der Waals surface area contributed by atoms with Gasteiger partial charge in [-0.2, -0.15) is 0 Å². The molecule has 0 aliphatic rings. The summed E-state index contributed by atoms with van der Waals surface area (Å²) in [4.78, 5) is 25.3. The Labute approximate surface area is 186 Å². The predicted octanol–water partition coefficient (Wildman–Crippen LogP) is 5.74. The third-order valence-corrected chi connectivity index (χ3v) is 5.35. The van der Waals surface area contributed by atoms with Crippen LogP contribution in [0.4, 0.5) is 17.6 Å². The highest BCUT2D eigenvalue weighted by molar-refractivity contribution is 6.05. The summed E-state index contributed by atoms with van der Waals surface area (Å²) in [5.41, 5.74) is 0.525. The fourth-order valence-electron chi connectivity index (χ4n) is 3.88. The Balaban J connectivity index is 2.16. The molecule has 0 aliphatic carbocycles. The quantitative estimate of drug-likeness (QED) is 0.433. The smallest absolute Gasteiger partial charge is 0.505 e. The van der Waals surface area contributed by atoms with Crippen LogP contribution in [-0.4, -0.2) is 33.0 Å². The number of carbonyl (C=O) groups is 2. The molecule has 2 N–H and O–H groups in total. The summed E-state index contributed by atoms with van der Waals surface area (Å²) in [7, 11) is 0. The van der Waals surface area contributed by atoms with Crippen molar-refractivity contribution < 1.29 is 42.1 Å². The maximum atomic E-state index is 14.2. The molecule has 1 atom stereocenters. The van der Waals surface area contributed by atoms with Crippen molar-refractivity contribution >= 4 is 22.8 Å². The number of phenols is 1. The summed E-state index contributed by atoms with van der Waals surface area (Å²) >= 11 is 0. The summed E-state index contributed by atoms with van der Waals surface area (Å²) < 4.78 is 56.3. The molecule has 3 rings (SSSR count). The number of benzene rings is 2. The van der Waals surface area contributed by atoms with Crippen LogP contribution in [-0.2, 0) is 4.79 Å². The fourth-order valence-corrected chi connectivity index (χ4v) is 3.88. The molecular formula is C23H21F4NO5. The third kappa shape index (κ3) is 4.94. The highest BCUT2D eigenvalue weighted by Gasteiger charge is 2.32. The molecule has 10 heteroatoms. The molecule has 0 saturated heterocycles. The largest absolute Gasteiger partial charge is 0.573 e. The molecule has 0 bridgehead atoms. The van der Waals surface area contributed by atoms with Crippen LogP contribution in [0.5, 0.6) is 11.5 Å². The number of carboxylic acid groups (broad SMARTS) is 1. The summed E-state index contributed by atoms with van der Waals surface area (Å²) in [6, 6.07) is 6.19. The Hall–Kier alpha value is -3.56. The summed E-state index contributed by atoms with van der Waals surface area (Å²) in [5.74, 6) is -5.05. The molecule has 0 aliphatic heterocycles. The zero-order chi connectivity index (χ0) is 24.5. The molecular weight excluding hydrogens is 446 g/mol. The number of alkyl halides is 3. The Kier molecular flexibility index (Phi) is 6.66. The number of hydrogen-bond donors (Lipinski definition) is 2. The minimum Gasteiger partial charge on any atom is -0.505 e. The first-order valence-corrected chi connectivity index (χ1v) is 10.1. The van der Waals surface area contributed by atoms with Crippen molar-refractivity contribution in [2.45, 2.75) is 45.4 Å². The molecule has 0 unspecified atom stereocenters. The topological polar surface area (TPSA) is 88.8 Å². The number of phenolic OH excluding ortho intramolecular Hbond substituents is 1. The van der Waals surface area contributed by atoms with Crippen LogP contribution in [0.25, 0.3) is 10.9 Å². The van der Waals surface area contributed by atoms with Gasteiger partial charge in [-0.25, -0.2) is 4.39 Å². The van der Waals surface area contributed by atoms with Crippen molar-refractivity contribution in [3.05, 3.63) is 59.0 Å². The van der Waals surface area contributed by atoms with Gasteiger partial charge in [-0.15, -0.1) is 13.2 Å². The number of ether oxygens (including phenoxy) is 1. The number of unbranched alkanes of at least 4 members (excludes halogenated alkanes) is 1. The predicted molar refractivity (Wildman–Crippen MR) is 111 cm³/mol. The van der Waals surface area contributed by atoms with Gasteiger partial charge in [-0.05, 0) is 49.2 Å². The molecule has 0 saturated carbocycles. The second kappa shape index (κ2) is 9.13. The molecule has 176 valence electrons. The highest BCUT2D eigenvalue weighted by Crippen LogP contribution is 2.38. The molecule has 6 nitrogen and oxygen atoms in total. The number of hydrogen-bond acceptors (Lipinski definition) is 4. The van der Waals surface area contributed by atoms with Gasteiger partial charge in [-0.1, -0.05) is 19.8 Å². The summed E-state index contributed by atoms with van der Waals surface area (Å²) in [6.07, 6.45) is -3.31. The van der Waals surface area contributed by atoms with E-state index in [9.17, 15) is 37.4 Å². The molecule has 0 amide bonds. The van der Waals surface area contributed by atoms with E-state index in [0.717, 1.165) is 47.4 Å². The van der Waals surface area contributed by atoms with E-state index in [0.29, 0.717) is 6.42 Å². The van der Waals surface area contributed by atoms with Crippen molar-refractivity contribution in [1.82, 2.24) is 4.57 Å². The maximum Gasteiger partial charge on any atom is 0.573 e. The number of rotatable bonds is 7. The van der Waals surface area contributed by atoms with E-state index in [2.05, 4.69) is 4.74 Å². The van der Waals surface area contributed by atoms with Gasteiger partial charge in [0, 0.05) is 22.7 Å². The van der Waals surface area contributed by atoms with Crippen LogP contribution in [0.3, 0.4) is 0 Å². The van der Waals surface area contributed by atoms with E-state index >= 15 is 0 Å². The van der Waals surface area contributed by atoms with Gasteiger partial charge in [0.15, 0.2) is 11.6 Å². The molecule has 1 heterocycles. The van der Waals surface area contributed by atoms with E-state index in [1.54, 1.807) is 0 Å². The van der Waals surface area contributed by atoms with E-state index in [4.69, 9.17) is 0 Å². The SMILES string of the molecule is CCCC[C@H](C(=O)O)c1c(C)n(C(=O)c2ccc(OC(F)(F)F)cc2)c2cc(F)c(O)cc12. The van der Waals surface area contributed by atoms with E-state index in [1.807, 2.05) is 6.92 Å². The van der Waals surface area contributed by atoms with Crippen LogP contribution in [0.1, 0.15) is 53.7 Å². The molecule has 0 fully saturated rings. The monoisotopic (exact) mass is 467 g/mol. The number of aromatic hydroxyl groups is 1. The first-order chi connectivity index (χ1) is 15.4. The van der Waals surface area contributed by atoms with Gasteiger partial charge in [0.25, 0.3) is 5.91 Å². The number of carboxylic acids is 1. The molecule has 0 spiro atoms. The highest BCUT2D eigenvalue weighted by atomic mass is 19.4. The average molecular weight is 467 g/mol. The van der Waals surface area contributed by atoms with Gasteiger partial charge in [0.1, 0.15) is 5.75 Å². The Morgan fingerprint density at radius 1 is 1.15 bits per heavy atom. The van der Waals surface area contributed by atoms with Crippen molar-refractivity contribution in [3.8, 4) is 11.5 Å². The molecule has 3 aromatic rings.